The maximum absolute atomic E-state index is 13.0. The third kappa shape index (κ3) is 14.0. The topological polar surface area (TPSA) is 88.2 Å². The Hall–Kier alpha value is -3.50. The monoisotopic (exact) mass is 774 g/mol. The molecule has 0 spiro atoms. The quantitative estimate of drug-likeness (QED) is 0.0380. The van der Waals surface area contributed by atoms with Crippen molar-refractivity contribution < 1.29 is 19.1 Å². The molecule has 2 aromatic heterocycles. The highest BCUT2D eigenvalue weighted by Gasteiger charge is 2.25. The van der Waals surface area contributed by atoms with Crippen LogP contribution in [0.4, 0.5) is 0 Å². The van der Waals surface area contributed by atoms with Crippen LogP contribution in [0, 0.1) is 0 Å². The van der Waals surface area contributed by atoms with Crippen molar-refractivity contribution in [1.82, 2.24) is 19.1 Å². The van der Waals surface area contributed by atoms with Gasteiger partial charge in [-0.05, 0) is 71.9 Å². The summed E-state index contributed by atoms with van der Waals surface area (Å²) in [7, 11) is 0. The Bertz CT molecular complexity index is 1590. The van der Waals surface area contributed by atoms with E-state index in [4.69, 9.17) is 9.47 Å². The summed E-state index contributed by atoms with van der Waals surface area (Å²) in [6.07, 6.45) is 17.7. The number of hydrogen-bond acceptors (Lipinski definition) is 8. The van der Waals surface area contributed by atoms with Gasteiger partial charge in [-0.25, -0.2) is 19.6 Å². The van der Waals surface area contributed by atoms with E-state index in [-0.39, 0.29) is 22.9 Å². The van der Waals surface area contributed by atoms with Gasteiger partial charge < -0.3 is 18.6 Å². The van der Waals surface area contributed by atoms with Crippen LogP contribution in [0.5, 0.6) is 12.0 Å². The van der Waals surface area contributed by atoms with Crippen molar-refractivity contribution in [2.75, 3.05) is 0 Å². The zero-order chi connectivity index (χ0) is 39.1. The molecule has 0 aliphatic heterocycles. The molecule has 0 saturated heterocycles. The number of aryl methyl sites for hydroxylation is 2. The predicted molar refractivity (Wildman–Crippen MR) is 223 cm³/mol. The van der Waals surface area contributed by atoms with Crippen LogP contribution in [0.25, 0.3) is 0 Å². The molecular formula is C44H62N4O4S2. The van der Waals surface area contributed by atoms with Crippen molar-refractivity contribution in [1.29, 1.82) is 0 Å². The van der Waals surface area contributed by atoms with Crippen LogP contribution in [0.1, 0.15) is 131 Å². The van der Waals surface area contributed by atoms with Gasteiger partial charge >= 0.3 is 24.0 Å². The lowest BCUT2D eigenvalue weighted by Crippen LogP contribution is -2.28. The van der Waals surface area contributed by atoms with E-state index in [1.54, 1.807) is 33.9 Å². The maximum atomic E-state index is 13.0. The maximum Gasteiger partial charge on any atom is 0.425 e. The van der Waals surface area contributed by atoms with Gasteiger partial charge in [0.15, 0.2) is 0 Å². The number of hydrogen-bond donors (Lipinski definition) is 0. The van der Waals surface area contributed by atoms with Crippen LogP contribution < -0.4 is 9.47 Å². The number of unbranched alkanes of at least 4 members (excludes halogenated alkanes) is 4. The van der Waals surface area contributed by atoms with Crippen LogP contribution in [0.15, 0.2) is 83.1 Å². The summed E-state index contributed by atoms with van der Waals surface area (Å²) in [5.41, 5.74) is 2.87. The summed E-state index contributed by atoms with van der Waals surface area (Å²) in [6, 6.07) is 17.9. The van der Waals surface area contributed by atoms with E-state index in [2.05, 4.69) is 114 Å². The first-order valence-electron chi connectivity index (χ1n) is 19.8. The Balaban J connectivity index is 1.32. The summed E-state index contributed by atoms with van der Waals surface area (Å²) < 4.78 is 14.5. The highest BCUT2D eigenvalue weighted by molar-refractivity contribution is 8.00. The molecule has 0 bridgehead atoms. The number of carbonyl (C=O) groups excluding carboxylic acids is 2. The second-order valence-electron chi connectivity index (χ2n) is 16.2. The Labute approximate surface area is 332 Å². The predicted octanol–water partition coefficient (Wildman–Crippen LogP) is 11.4. The van der Waals surface area contributed by atoms with Crippen LogP contribution >= 0.6 is 23.5 Å². The SMILES string of the molecule is CCCCCC(CCn1ccnc1OC(=O)C(=O)Oc1nccn1CCC(CCCCC)Sc1ccc(C(C)(C)C)cc1)Sc1ccc(C(C)(C)C)cc1. The minimum atomic E-state index is -1.13. The molecule has 2 aromatic carbocycles. The lowest BCUT2D eigenvalue weighted by Gasteiger charge is -2.21. The zero-order valence-corrected chi connectivity index (χ0v) is 35.4. The smallest absolute Gasteiger partial charge is 0.383 e. The van der Waals surface area contributed by atoms with Crippen molar-refractivity contribution >= 4 is 35.5 Å². The van der Waals surface area contributed by atoms with E-state index in [1.165, 1.54) is 46.6 Å². The highest BCUT2D eigenvalue weighted by Crippen LogP contribution is 2.34. The first-order chi connectivity index (χ1) is 25.8. The zero-order valence-electron chi connectivity index (χ0n) is 33.8. The molecule has 0 fully saturated rings. The molecule has 0 N–H and O–H groups in total. The van der Waals surface area contributed by atoms with Crippen molar-refractivity contribution in [2.24, 2.45) is 0 Å². The second kappa shape index (κ2) is 21.0. The largest absolute Gasteiger partial charge is 0.425 e. The third-order valence-corrected chi connectivity index (χ3v) is 12.3. The Kier molecular flexibility index (Phi) is 16.8. The van der Waals surface area contributed by atoms with Crippen molar-refractivity contribution in [3.8, 4) is 12.0 Å². The molecular weight excluding hydrogens is 713 g/mol. The molecule has 54 heavy (non-hydrogen) atoms. The van der Waals surface area contributed by atoms with Gasteiger partial charge in [0.25, 0.3) is 0 Å². The first kappa shape index (κ1) is 43.2. The fourth-order valence-electron chi connectivity index (χ4n) is 6.18. The minimum absolute atomic E-state index is 0.0783. The molecule has 2 atom stereocenters. The molecule has 2 heterocycles. The second-order valence-corrected chi connectivity index (χ2v) is 18.9. The highest BCUT2D eigenvalue weighted by atomic mass is 32.2. The molecule has 4 aromatic rings. The van der Waals surface area contributed by atoms with Gasteiger partial charge in [-0.15, -0.1) is 23.5 Å². The van der Waals surface area contributed by atoms with Gasteiger partial charge in [0.1, 0.15) is 0 Å². The minimum Gasteiger partial charge on any atom is -0.383 e. The molecule has 294 valence electrons. The summed E-state index contributed by atoms with van der Waals surface area (Å²) in [5.74, 6) is -2.26. The summed E-state index contributed by atoms with van der Waals surface area (Å²) >= 11 is 3.79. The Morgan fingerprint density at radius 2 is 0.963 bits per heavy atom. The molecule has 0 saturated carbocycles. The lowest BCUT2D eigenvalue weighted by atomic mass is 9.87. The summed E-state index contributed by atoms with van der Waals surface area (Å²) in [6.45, 7) is 19.0. The number of aromatic nitrogens is 4. The number of thioether (sulfide) groups is 2. The molecule has 10 heteroatoms. The van der Waals surface area contributed by atoms with E-state index < -0.39 is 11.9 Å². The number of benzene rings is 2. The number of nitrogens with zero attached hydrogens (tertiary/aromatic N) is 4. The molecule has 2 unspecified atom stereocenters. The molecule has 0 aliphatic carbocycles. The molecule has 0 radical (unpaired) electrons. The van der Waals surface area contributed by atoms with E-state index >= 15 is 0 Å². The van der Waals surface area contributed by atoms with Crippen molar-refractivity contribution in [2.45, 2.75) is 164 Å². The van der Waals surface area contributed by atoms with Crippen LogP contribution in [-0.4, -0.2) is 41.5 Å². The van der Waals surface area contributed by atoms with Crippen LogP contribution in [0.2, 0.25) is 0 Å². The Morgan fingerprint density at radius 3 is 1.30 bits per heavy atom. The number of esters is 2. The van der Waals surface area contributed by atoms with Gasteiger partial charge in [-0.1, -0.05) is 118 Å². The lowest BCUT2D eigenvalue weighted by molar-refractivity contribution is -0.157. The van der Waals surface area contributed by atoms with E-state index in [0.717, 1.165) is 38.5 Å². The standard InChI is InChI=1S/C44H62N4O4S2/c1-9-11-13-15-35(53-37-21-17-33(18-22-37)43(3,4)5)25-29-47-31-27-45-41(47)51-39(49)40(50)52-42-46-28-32-48(42)30-26-36(16-14-12-10-2)54-38-23-19-34(20-24-38)44(6,7)8/h17-24,27-28,31-32,35-36H,9-16,25-26,29-30H2,1-8H3. The van der Waals surface area contributed by atoms with Gasteiger partial charge in [0.2, 0.25) is 0 Å². The molecule has 0 aliphatic rings. The van der Waals surface area contributed by atoms with E-state index in [1.807, 2.05) is 23.5 Å². The van der Waals surface area contributed by atoms with Gasteiger partial charge in [0.05, 0.1) is 0 Å². The van der Waals surface area contributed by atoms with E-state index in [0.29, 0.717) is 23.6 Å². The fraction of sp³-hybridized carbons (Fsp3) is 0.545. The average molecular weight is 775 g/mol. The summed E-state index contributed by atoms with van der Waals surface area (Å²) in [5, 5.41) is 0.760. The first-order valence-corrected chi connectivity index (χ1v) is 21.5. The van der Waals surface area contributed by atoms with Crippen LogP contribution in [0.3, 0.4) is 0 Å². The molecule has 8 nitrogen and oxygen atoms in total. The Morgan fingerprint density at radius 1 is 0.593 bits per heavy atom. The fourth-order valence-corrected chi connectivity index (χ4v) is 8.55. The average Bonchev–Trinajstić information content (AvgIpc) is 3.77. The van der Waals surface area contributed by atoms with E-state index in [9.17, 15) is 9.59 Å². The third-order valence-electron chi connectivity index (χ3n) is 9.58. The molecule has 4 rings (SSSR count). The number of rotatable bonds is 20. The molecule has 0 amide bonds. The van der Waals surface area contributed by atoms with Gasteiger partial charge in [0, 0.05) is 58.2 Å². The van der Waals surface area contributed by atoms with Gasteiger partial charge in [-0.3, -0.25) is 0 Å². The summed E-state index contributed by atoms with van der Waals surface area (Å²) in [4.78, 5) is 36.9. The number of imidazole rings is 2. The number of carbonyl (C=O) groups is 2. The van der Waals surface area contributed by atoms with Crippen LogP contribution in [-0.2, 0) is 33.5 Å². The van der Waals surface area contributed by atoms with Crippen molar-refractivity contribution in [3.63, 3.8) is 0 Å². The number of ether oxygens (including phenoxy) is 2. The van der Waals surface area contributed by atoms with Gasteiger partial charge in [-0.2, -0.15) is 0 Å². The van der Waals surface area contributed by atoms with Crippen molar-refractivity contribution in [3.05, 3.63) is 84.4 Å². The normalized spacial score (nSPS) is 13.1.